The molecule has 2 aromatic carbocycles. The predicted octanol–water partition coefficient (Wildman–Crippen LogP) is 5.98. The number of aromatic amines is 1. The first-order chi connectivity index (χ1) is 19.0. The van der Waals surface area contributed by atoms with Gasteiger partial charge in [0.15, 0.2) is 0 Å². The molecule has 3 aromatic rings. The first kappa shape index (κ1) is 27.0. The molecule has 0 spiro atoms. The van der Waals surface area contributed by atoms with Gasteiger partial charge in [-0.2, -0.15) is 5.10 Å². The number of ether oxygens (including phenoxy) is 1. The summed E-state index contributed by atoms with van der Waals surface area (Å²) in [5.74, 6) is 8.45. The number of hydrogen-bond acceptors (Lipinski definition) is 4. The molecule has 2 N–H and O–H groups in total. The minimum Gasteiger partial charge on any atom is -0.496 e. The Morgan fingerprint density at radius 1 is 1.03 bits per heavy atom. The lowest BCUT2D eigenvalue weighted by molar-refractivity contribution is -0.124. The van der Waals surface area contributed by atoms with E-state index in [1.54, 1.807) is 19.5 Å². The standard InChI is InChI=1S/C33H39N3O3/c1-23-18-29(14-17-32(23)39-2)27-10-8-25(9-11-27)22-36(33(38)28-12-15-31(37)16-13-28)30-5-3-4-24(19-30)6-7-26-20-34-35-21-26/h3-5,14,17-21,25,27-28,31,37H,8-13,15-16,22H2,1-2H3,(H,34,35). The van der Waals surface area contributed by atoms with Crippen LogP contribution in [0.2, 0.25) is 0 Å². The molecule has 0 unspecified atom stereocenters. The molecular formula is C33H39N3O3. The third-order valence-corrected chi connectivity index (χ3v) is 8.50. The summed E-state index contributed by atoms with van der Waals surface area (Å²) in [5.41, 5.74) is 5.20. The molecule has 0 aliphatic heterocycles. The van der Waals surface area contributed by atoms with Gasteiger partial charge in [0.2, 0.25) is 5.91 Å². The van der Waals surface area contributed by atoms with Crippen molar-refractivity contribution in [2.75, 3.05) is 18.6 Å². The molecule has 6 nitrogen and oxygen atoms in total. The number of nitrogens with one attached hydrogen (secondary N) is 1. The van der Waals surface area contributed by atoms with E-state index in [2.05, 4.69) is 47.2 Å². The number of anilines is 1. The Bertz CT molecular complexity index is 1310. The van der Waals surface area contributed by atoms with Crippen LogP contribution in [0, 0.1) is 30.6 Å². The molecule has 2 fully saturated rings. The van der Waals surface area contributed by atoms with Gasteiger partial charge in [0.1, 0.15) is 5.75 Å². The molecular weight excluding hydrogens is 486 g/mol. The van der Waals surface area contributed by atoms with E-state index in [0.717, 1.165) is 67.6 Å². The van der Waals surface area contributed by atoms with Crippen molar-refractivity contribution >= 4 is 11.6 Å². The SMILES string of the molecule is COc1ccc(C2CCC(CN(C(=O)C3CCC(O)CC3)c3cccc(C#Cc4cn[nH]c4)c3)CC2)cc1C. The second-order valence-electron chi connectivity index (χ2n) is 11.2. The number of rotatable bonds is 6. The summed E-state index contributed by atoms with van der Waals surface area (Å²) in [4.78, 5) is 15.9. The molecule has 6 heteroatoms. The highest BCUT2D eigenvalue weighted by molar-refractivity contribution is 5.95. The Kier molecular flexibility index (Phi) is 8.68. The van der Waals surface area contributed by atoms with E-state index in [1.807, 2.05) is 29.2 Å². The van der Waals surface area contributed by atoms with Gasteiger partial charge < -0.3 is 14.7 Å². The van der Waals surface area contributed by atoms with Crippen LogP contribution >= 0.6 is 0 Å². The molecule has 1 amide bonds. The Labute approximate surface area is 231 Å². The smallest absolute Gasteiger partial charge is 0.230 e. The Morgan fingerprint density at radius 2 is 1.79 bits per heavy atom. The van der Waals surface area contributed by atoms with E-state index in [-0.39, 0.29) is 17.9 Å². The lowest BCUT2D eigenvalue weighted by Crippen LogP contribution is -2.41. The van der Waals surface area contributed by atoms with Crippen molar-refractivity contribution in [3.63, 3.8) is 0 Å². The number of H-pyrrole nitrogens is 1. The third-order valence-electron chi connectivity index (χ3n) is 8.50. The zero-order valence-electron chi connectivity index (χ0n) is 23.0. The van der Waals surface area contributed by atoms with Crippen molar-refractivity contribution in [1.29, 1.82) is 0 Å². The van der Waals surface area contributed by atoms with Crippen LogP contribution in [-0.2, 0) is 4.79 Å². The normalized spacial score (nSPS) is 22.9. The number of carbonyl (C=O) groups is 1. The second-order valence-corrected chi connectivity index (χ2v) is 11.2. The molecule has 2 aliphatic rings. The fourth-order valence-electron chi connectivity index (χ4n) is 6.17. The minimum atomic E-state index is -0.277. The van der Waals surface area contributed by atoms with Gasteiger partial charge >= 0.3 is 0 Å². The van der Waals surface area contributed by atoms with Crippen molar-refractivity contribution in [2.45, 2.75) is 70.3 Å². The third kappa shape index (κ3) is 6.72. The summed E-state index contributed by atoms with van der Waals surface area (Å²) < 4.78 is 5.45. The average molecular weight is 526 g/mol. The van der Waals surface area contributed by atoms with Gasteiger partial charge in [0.25, 0.3) is 0 Å². The highest BCUT2D eigenvalue weighted by Crippen LogP contribution is 2.38. The average Bonchev–Trinajstić information content (AvgIpc) is 3.49. The van der Waals surface area contributed by atoms with Crippen molar-refractivity contribution < 1.29 is 14.6 Å². The number of aromatic nitrogens is 2. The second kappa shape index (κ2) is 12.5. The highest BCUT2D eigenvalue weighted by Gasteiger charge is 2.32. The number of aliphatic hydroxyl groups excluding tert-OH is 1. The Hall–Kier alpha value is -3.56. The van der Waals surface area contributed by atoms with Gasteiger partial charge in [0, 0.05) is 29.9 Å². The van der Waals surface area contributed by atoms with E-state index >= 15 is 0 Å². The number of amides is 1. The number of benzene rings is 2. The molecule has 39 heavy (non-hydrogen) atoms. The van der Waals surface area contributed by atoms with Crippen molar-refractivity contribution in [3.8, 4) is 17.6 Å². The summed E-state index contributed by atoms with van der Waals surface area (Å²) in [7, 11) is 1.72. The molecule has 204 valence electrons. The van der Waals surface area contributed by atoms with E-state index in [1.165, 1.54) is 11.1 Å². The zero-order valence-corrected chi connectivity index (χ0v) is 23.0. The van der Waals surface area contributed by atoms with Crippen LogP contribution in [0.1, 0.15) is 79.5 Å². The fraction of sp³-hybridized carbons (Fsp3) is 0.455. The van der Waals surface area contributed by atoms with E-state index in [4.69, 9.17) is 4.74 Å². The lowest BCUT2D eigenvalue weighted by Gasteiger charge is -2.36. The molecule has 0 saturated heterocycles. The van der Waals surface area contributed by atoms with E-state index < -0.39 is 0 Å². The van der Waals surface area contributed by atoms with Gasteiger partial charge in [-0.3, -0.25) is 9.89 Å². The quantitative estimate of drug-likeness (QED) is 0.388. The number of aliphatic hydroxyl groups is 1. The van der Waals surface area contributed by atoms with Crippen LogP contribution in [0.25, 0.3) is 0 Å². The number of aryl methyl sites for hydroxylation is 1. The first-order valence-corrected chi connectivity index (χ1v) is 14.2. The zero-order chi connectivity index (χ0) is 27.2. The molecule has 0 radical (unpaired) electrons. The van der Waals surface area contributed by atoms with Crippen molar-refractivity contribution in [3.05, 3.63) is 77.1 Å². The summed E-state index contributed by atoms with van der Waals surface area (Å²) >= 11 is 0. The lowest BCUT2D eigenvalue weighted by atomic mass is 9.78. The number of carbonyl (C=O) groups excluding carboxylic acids is 1. The first-order valence-electron chi connectivity index (χ1n) is 14.2. The monoisotopic (exact) mass is 525 g/mol. The summed E-state index contributed by atoms with van der Waals surface area (Å²) in [5, 5.41) is 16.8. The van der Waals surface area contributed by atoms with E-state index in [0.29, 0.717) is 24.7 Å². The van der Waals surface area contributed by atoms with Gasteiger partial charge in [0.05, 0.1) is 25.0 Å². The Morgan fingerprint density at radius 3 is 2.49 bits per heavy atom. The van der Waals surface area contributed by atoms with Crippen LogP contribution in [-0.4, -0.2) is 41.0 Å². The molecule has 5 rings (SSSR count). The molecule has 0 bridgehead atoms. The molecule has 0 atom stereocenters. The summed E-state index contributed by atoms with van der Waals surface area (Å²) in [6.45, 7) is 2.83. The fourth-order valence-corrected chi connectivity index (χ4v) is 6.17. The number of nitrogens with zero attached hydrogens (tertiary/aromatic N) is 2. The van der Waals surface area contributed by atoms with Gasteiger partial charge in [-0.15, -0.1) is 0 Å². The van der Waals surface area contributed by atoms with Crippen LogP contribution in [0.3, 0.4) is 0 Å². The maximum atomic E-state index is 13.9. The summed E-state index contributed by atoms with van der Waals surface area (Å²) in [6.07, 6.45) is 10.6. The maximum Gasteiger partial charge on any atom is 0.230 e. The largest absolute Gasteiger partial charge is 0.496 e. The predicted molar refractivity (Wildman–Crippen MR) is 154 cm³/mol. The van der Waals surface area contributed by atoms with Crippen molar-refractivity contribution in [2.24, 2.45) is 11.8 Å². The minimum absolute atomic E-state index is 0.0346. The topological polar surface area (TPSA) is 78.4 Å². The van der Waals surface area contributed by atoms with Crippen LogP contribution in [0.5, 0.6) is 5.75 Å². The number of hydrogen-bond donors (Lipinski definition) is 2. The van der Waals surface area contributed by atoms with Crippen LogP contribution in [0.15, 0.2) is 54.9 Å². The van der Waals surface area contributed by atoms with Gasteiger partial charge in [-0.25, -0.2) is 0 Å². The van der Waals surface area contributed by atoms with E-state index in [9.17, 15) is 9.90 Å². The van der Waals surface area contributed by atoms with Gasteiger partial charge in [-0.05, 0) is 106 Å². The van der Waals surface area contributed by atoms with Crippen molar-refractivity contribution in [1.82, 2.24) is 10.2 Å². The van der Waals surface area contributed by atoms with Crippen LogP contribution in [0.4, 0.5) is 5.69 Å². The molecule has 1 aromatic heterocycles. The maximum absolute atomic E-state index is 13.9. The molecule has 1 heterocycles. The van der Waals surface area contributed by atoms with Crippen LogP contribution < -0.4 is 9.64 Å². The Balaban J connectivity index is 1.31. The molecule has 2 aliphatic carbocycles. The highest BCUT2D eigenvalue weighted by atomic mass is 16.5. The molecule has 2 saturated carbocycles. The summed E-state index contributed by atoms with van der Waals surface area (Å²) in [6, 6.07) is 14.6. The van der Waals surface area contributed by atoms with Gasteiger partial charge in [-0.1, -0.05) is 30.0 Å². The number of methoxy groups -OCH3 is 1.